The van der Waals surface area contributed by atoms with E-state index < -0.39 is 0 Å². The van der Waals surface area contributed by atoms with E-state index in [0.717, 1.165) is 17.3 Å². The molecular formula is C14H27NS. The van der Waals surface area contributed by atoms with Crippen LogP contribution in [0.4, 0.5) is 0 Å². The second-order valence-electron chi connectivity index (χ2n) is 6.27. The summed E-state index contributed by atoms with van der Waals surface area (Å²) in [6.45, 7) is 4.90. The van der Waals surface area contributed by atoms with Crippen LogP contribution in [-0.2, 0) is 0 Å². The van der Waals surface area contributed by atoms with Crippen LogP contribution in [0.1, 0.15) is 58.8 Å². The third kappa shape index (κ3) is 2.76. The fourth-order valence-electron chi connectivity index (χ4n) is 3.46. The summed E-state index contributed by atoms with van der Waals surface area (Å²) in [4.78, 5) is 0. The standard InChI is InChI=1S/C14H27NS/c1-14(2)10-5-4-9-13(14)15-11-7-6-8-12(11)16-3/h11-13,15H,4-10H2,1-3H3. The number of nitrogens with one attached hydrogen (secondary N) is 1. The van der Waals surface area contributed by atoms with Gasteiger partial charge < -0.3 is 5.32 Å². The minimum atomic E-state index is 0.518. The summed E-state index contributed by atoms with van der Waals surface area (Å²) < 4.78 is 0. The molecule has 0 aromatic rings. The molecule has 0 spiro atoms. The topological polar surface area (TPSA) is 12.0 Å². The van der Waals surface area contributed by atoms with E-state index in [4.69, 9.17) is 0 Å². The quantitative estimate of drug-likeness (QED) is 0.806. The van der Waals surface area contributed by atoms with E-state index in [-0.39, 0.29) is 0 Å². The monoisotopic (exact) mass is 241 g/mol. The van der Waals surface area contributed by atoms with Crippen molar-refractivity contribution < 1.29 is 0 Å². The molecular weight excluding hydrogens is 214 g/mol. The summed E-state index contributed by atoms with van der Waals surface area (Å²) >= 11 is 2.07. The van der Waals surface area contributed by atoms with Crippen molar-refractivity contribution in [3.05, 3.63) is 0 Å². The predicted molar refractivity (Wildman–Crippen MR) is 74.1 cm³/mol. The SMILES string of the molecule is CSC1CCCC1NC1CCCCC1(C)C. The van der Waals surface area contributed by atoms with Crippen LogP contribution in [0.2, 0.25) is 0 Å². The number of hydrogen-bond donors (Lipinski definition) is 1. The summed E-state index contributed by atoms with van der Waals surface area (Å²) in [6.07, 6.45) is 12.2. The highest BCUT2D eigenvalue weighted by Crippen LogP contribution is 2.37. The van der Waals surface area contributed by atoms with Crippen molar-refractivity contribution in [3.8, 4) is 0 Å². The Labute approximate surface area is 105 Å². The second kappa shape index (κ2) is 5.30. The van der Waals surface area contributed by atoms with Crippen LogP contribution in [0.5, 0.6) is 0 Å². The zero-order valence-electron chi connectivity index (χ0n) is 11.1. The fraction of sp³-hybridized carbons (Fsp3) is 1.00. The van der Waals surface area contributed by atoms with Crippen LogP contribution in [0.15, 0.2) is 0 Å². The second-order valence-corrected chi connectivity index (χ2v) is 7.34. The smallest absolute Gasteiger partial charge is 0.0198 e. The van der Waals surface area contributed by atoms with E-state index in [0.29, 0.717) is 5.41 Å². The molecule has 3 atom stereocenters. The van der Waals surface area contributed by atoms with E-state index in [1.807, 2.05) is 0 Å². The molecule has 0 heterocycles. The van der Waals surface area contributed by atoms with Crippen molar-refractivity contribution in [1.29, 1.82) is 0 Å². The molecule has 0 bridgehead atoms. The molecule has 2 rings (SSSR count). The third-order valence-corrected chi connectivity index (χ3v) is 5.85. The maximum atomic E-state index is 3.99. The van der Waals surface area contributed by atoms with Gasteiger partial charge in [-0.15, -0.1) is 0 Å². The fourth-order valence-corrected chi connectivity index (χ4v) is 4.41. The Kier molecular flexibility index (Phi) is 4.23. The van der Waals surface area contributed by atoms with Gasteiger partial charge in [0.05, 0.1) is 0 Å². The van der Waals surface area contributed by atoms with Crippen molar-refractivity contribution >= 4 is 11.8 Å². The highest BCUT2D eigenvalue weighted by Gasteiger charge is 2.36. The van der Waals surface area contributed by atoms with E-state index in [1.165, 1.54) is 44.9 Å². The molecule has 16 heavy (non-hydrogen) atoms. The Morgan fingerprint density at radius 1 is 1.06 bits per heavy atom. The molecule has 0 radical (unpaired) electrons. The predicted octanol–water partition coefficient (Wildman–Crippen LogP) is 3.83. The van der Waals surface area contributed by atoms with Crippen molar-refractivity contribution in [2.24, 2.45) is 5.41 Å². The van der Waals surface area contributed by atoms with Gasteiger partial charge >= 0.3 is 0 Å². The maximum absolute atomic E-state index is 3.99. The first-order valence-electron chi connectivity index (χ1n) is 6.92. The third-order valence-electron chi connectivity index (χ3n) is 4.68. The van der Waals surface area contributed by atoms with E-state index in [1.54, 1.807) is 0 Å². The maximum Gasteiger partial charge on any atom is 0.0198 e. The lowest BCUT2D eigenvalue weighted by atomic mass is 9.73. The van der Waals surface area contributed by atoms with Gasteiger partial charge in [-0.2, -0.15) is 11.8 Å². The van der Waals surface area contributed by atoms with Crippen LogP contribution >= 0.6 is 11.8 Å². The van der Waals surface area contributed by atoms with Crippen LogP contribution in [0.3, 0.4) is 0 Å². The van der Waals surface area contributed by atoms with Gasteiger partial charge in [0, 0.05) is 17.3 Å². The molecule has 1 nitrogen and oxygen atoms in total. The largest absolute Gasteiger partial charge is 0.310 e. The summed E-state index contributed by atoms with van der Waals surface area (Å²) in [7, 11) is 0. The van der Waals surface area contributed by atoms with Gasteiger partial charge in [0.2, 0.25) is 0 Å². The normalized spacial score (nSPS) is 38.8. The Morgan fingerprint density at radius 2 is 1.88 bits per heavy atom. The van der Waals surface area contributed by atoms with Crippen LogP contribution in [0.25, 0.3) is 0 Å². The van der Waals surface area contributed by atoms with Gasteiger partial charge in [0.15, 0.2) is 0 Å². The van der Waals surface area contributed by atoms with Gasteiger partial charge in [0.1, 0.15) is 0 Å². The van der Waals surface area contributed by atoms with Gasteiger partial charge in [-0.3, -0.25) is 0 Å². The molecule has 2 aliphatic carbocycles. The molecule has 2 saturated carbocycles. The molecule has 0 saturated heterocycles. The lowest BCUT2D eigenvalue weighted by molar-refractivity contribution is 0.156. The first kappa shape index (κ1) is 12.8. The molecule has 94 valence electrons. The van der Waals surface area contributed by atoms with E-state index in [9.17, 15) is 0 Å². The molecule has 0 aliphatic heterocycles. The Morgan fingerprint density at radius 3 is 2.56 bits per heavy atom. The molecule has 0 amide bonds. The summed E-state index contributed by atoms with van der Waals surface area (Å²) in [5, 5.41) is 4.86. The molecule has 2 fully saturated rings. The molecule has 3 unspecified atom stereocenters. The minimum absolute atomic E-state index is 0.518. The zero-order chi connectivity index (χ0) is 11.6. The highest BCUT2D eigenvalue weighted by atomic mass is 32.2. The number of thioether (sulfide) groups is 1. The number of hydrogen-bond acceptors (Lipinski definition) is 2. The summed E-state index contributed by atoms with van der Waals surface area (Å²) in [5.74, 6) is 0. The first-order chi connectivity index (χ1) is 7.63. The van der Waals surface area contributed by atoms with Crippen molar-refractivity contribution in [2.75, 3.05) is 6.26 Å². The molecule has 2 heteroatoms. The van der Waals surface area contributed by atoms with E-state index >= 15 is 0 Å². The summed E-state index contributed by atoms with van der Waals surface area (Å²) in [5.41, 5.74) is 0.518. The average molecular weight is 241 g/mol. The summed E-state index contributed by atoms with van der Waals surface area (Å²) in [6, 6.07) is 1.55. The lowest BCUT2D eigenvalue weighted by Crippen LogP contribution is -2.50. The Balaban J connectivity index is 1.92. The first-order valence-corrected chi connectivity index (χ1v) is 8.21. The van der Waals surface area contributed by atoms with Crippen LogP contribution in [-0.4, -0.2) is 23.6 Å². The number of rotatable bonds is 3. The van der Waals surface area contributed by atoms with Gasteiger partial charge in [-0.1, -0.05) is 33.1 Å². The molecule has 2 aliphatic rings. The molecule has 0 aromatic heterocycles. The molecule has 1 N–H and O–H groups in total. The van der Waals surface area contributed by atoms with Crippen molar-refractivity contribution in [2.45, 2.75) is 76.1 Å². The Bertz CT molecular complexity index is 227. The van der Waals surface area contributed by atoms with Crippen LogP contribution < -0.4 is 5.32 Å². The lowest BCUT2D eigenvalue weighted by Gasteiger charge is -2.41. The van der Waals surface area contributed by atoms with Crippen molar-refractivity contribution in [1.82, 2.24) is 5.32 Å². The van der Waals surface area contributed by atoms with E-state index in [2.05, 4.69) is 37.2 Å². The molecule has 0 aromatic carbocycles. The van der Waals surface area contributed by atoms with Crippen LogP contribution in [0, 0.1) is 5.41 Å². The Hall–Kier alpha value is 0.310. The van der Waals surface area contributed by atoms with Gasteiger partial charge in [-0.05, 0) is 37.4 Å². The van der Waals surface area contributed by atoms with Gasteiger partial charge in [-0.25, -0.2) is 0 Å². The van der Waals surface area contributed by atoms with Gasteiger partial charge in [0.25, 0.3) is 0 Å². The minimum Gasteiger partial charge on any atom is -0.310 e. The highest BCUT2D eigenvalue weighted by molar-refractivity contribution is 7.99. The van der Waals surface area contributed by atoms with Crippen molar-refractivity contribution in [3.63, 3.8) is 0 Å². The zero-order valence-corrected chi connectivity index (χ0v) is 11.9. The average Bonchev–Trinajstić information content (AvgIpc) is 2.68.